The van der Waals surface area contributed by atoms with E-state index in [4.69, 9.17) is 30.5 Å². The third-order valence-electron chi connectivity index (χ3n) is 3.78. The highest BCUT2D eigenvalue weighted by Gasteiger charge is 2.13. The van der Waals surface area contributed by atoms with Crippen molar-refractivity contribution in [2.24, 2.45) is 5.10 Å². The number of hydrogen-bond donors (Lipinski definition) is 1. The monoisotopic (exact) mass is 406 g/mol. The van der Waals surface area contributed by atoms with Crippen LogP contribution >= 0.6 is 11.6 Å². The minimum absolute atomic E-state index is 0.0727. The Kier molecular flexibility index (Phi) is 7.95. The number of hydrazone groups is 1. The Morgan fingerprint density at radius 2 is 1.79 bits per heavy atom. The van der Waals surface area contributed by atoms with Crippen LogP contribution in [0.25, 0.3) is 0 Å². The second-order valence-corrected chi connectivity index (χ2v) is 6.02. The molecule has 0 fully saturated rings. The summed E-state index contributed by atoms with van der Waals surface area (Å²) in [5.74, 6) is 1.86. The van der Waals surface area contributed by atoms with Gasteiger partial charge in [0.2, 0.25) is 11.7 Å². The first-order valence-electron chi connectivity index (χ1n) is 8.55. The fourth-order valence-electron chi connectivity index (χ4n) is 2.47. The first kappa shape index (κ1) is 21.4. The molecule has 1 amide bonds. The number of halogens is 1. The van der Waals surface area contributed by atoms with E-state index in [0.29, 0.717) is 45.8 Å². The molecule has 0 atom stereocenters. The van der Waals surface area contributed by atoms with E-state index in [-0.39, 0.29) is 12.3 Å². The van der Waals surface area contributed by atoms with Gasteiger partial charge in [0.15, 0.2) is 11.5 Å². The van der Waals surface area contributed by atoms with Crippen molar-refractivity contribution in [1.82, 2.24) is 5.43 Å². The number of amides is 1. The lowest BCUT2D eigenvalue weighted by Crippen LogP contribution is -2.20. The Balaban J connectivity index is 2.08. The Bertz CT molecular complexity index is 829. The molecule has 7 nitrogen and oxygen atoms in total. The quantitative estimate of drug-likeness (QED) is 0.509. The van der Waals surface area contributed by atoms with Crippen LogP contribution in [-0.4, -0.2) is 40.1 Å². The molecule has 0 spiro atoms. The second kappa shape index (κ2) is 10.4. The molecule has 0 bridgehead atoms. The van der Waals surface area contributed by atoms with Crippen LogP contribution in [0.1, 0.15) is 18.1 Å². The summed E-state index contributed by atoms with van der Waals surface area (Å²) in [4.78, 5) is 12.1. The number of carbonyl (C=O) groups excluding carboxylic acids is 1. The Morgan fingerprint density at radius 1 is 1.11 bits per heavy atom. The standard InChI is InChI=1S/C20H23ClN2O5/c1-5-28-20-17(26-3)8-13(9-18(20)27-4)12-22-23-19(24)11-14-10-15(25-2)6-7-16(14)21/h6-10,12H,5,11H2,1-4H3,(H,23,24)/b22-12+. The number of rotatable bonds is 9. The molecule has 0 heterocycles. The number of hydrogen-bond acceptors (Lipinski definition) is 6. The molecule has 0 aliphatic carbocycles. The van der Waals surface area contributed by atoms with Gasteiger partial charge in [-0.15, -0.1) is 0 Å². The summed E-state index contributed by atoms with van der Waals surface area (Å²) >= 11 is 6.12. The minimum atomic E-state index is -0.309. The van der Waals surface area contributed by atoms with Crippen molar-refractivity contribution >= 4 is 23.7 Å². The van der Waals surface area contributed by atoms with Crippen molar-refractivity contribution in [3.05, 3.63) is 46.5 Å². The maximum absolute atomic E-state index is 12.1. The van der Waals surface area contributed by atoms with Gasteiger partial charge in [0.25, 0.3) is 0 Å². The molecule has 2 aromatic carbocycles. The van der Waals surface area contributed by atoms with E-state index in [1.165, 1.54) is 20.4 Å². The number of carbonyl (C=O) groups is 1. The van der Waals surface area contributed by atoms with Gasteiger partial charge in [0, 0.05) is 10.6 Å². The molecule has 0 aliphatic heterocycles. The van der Waals surface area contributed by atoms with Crippen LogP contribution < -0.4 is 24.4 Å². The summed E-state index contributed by atoms with van der Waals surface area (Å²) in [6, 6.07) is 8.61. The van der Waals surface area contributed by atoms with Gasteiger partial charge in [-0.05, 0) is 42.8 Å². The molecular formula is C20H23ClN2O5. The molecule has 0 unspecified atom stereocenters. The van der Waals surface area contributed by atoms with Gasteiger partial charge in [-0.1, -0.05) is 11.6 Å². The average molecular weight is 407 g/mol. The van der Waals surface area contributed by atoms with Crippen LogP contribution in [0.4, 0.5) is 0 Å². The van der Waals surface area contributed by atoms with E-state index in [1.807, 2.05) is 6.92 Å². The van der Waals surface area contributed by atoms with Gasteiger partial charge in [0.05, 0.1) is 40.6 Å². The van der Waals surface area contributed by atoms with Crippen LogP contribution in [-0.2, 0) is 11.2 Å². The first-order chi connectivity index (χ1) is 13.5. The second-order valence-electron chi connectivity index (χ2n) is 5.61. The zero-order valence-corrected chi connectivity index (χ0v) is 17.0. The summed E-state index contributed by atoms with van der Waals surface area (Å²) in [5, 5.41) is 4.47. The highest BCUT2D eigenvalue weighted by atomic mass is 35.5. The van der Waals surface area contributed by atoms with Crippen molar-refractivity contribution in [2.45, 2.75) is 13.3 Å². The van der Waals surface area contributed by atoms with Gasteiger partial charge < -0.3 is 18.9 Å². The molecule has 0 saturated heterocycles. The number of nitrogens with one attached hydrogen (secondary N) is 1. The molecule has 0 saturated carbocycles. The van der Waals surface area contributed by atoms with Crippen molar-refractivity contribution in [2.75, 3.05) is 27.9 Å². The molecule has 2 aromatic rings. The van der Waals surface area contributed by atoms with E-state index < -0.39 is 0 Å². The molecule has 0 aromatic heterocycles. The molecule has 8 heteroatoms. The summed E-state index contributed by atoms with van der Waals surface area (Å²) in [5.41, 5.74) is 3.81. The Morgan fingerprint density at radius 3 is 2.36 bits per heavy atom. The third-order valence-corrected chi connectivity index (χ3v) is 4.15. The number of benzene rings is 2. The van der Waals surface area contributed by atoms with Crippen molar-refractivity contribution in [1.29, 1.82) is 0 Å². The molecule has 28 heavy (non-hydrogen) atoms. The largest absolute Gasteiger partial charge is 0.497 e. The van der Waals surface area contributed by atoms with Gasteiger partial charge in [0.1, 0.15) is 5.75 Å². The van der Waals surface area contributed by atoms with Crippen molar-refractivity contribution < 1.29 is 23.7 Å². The number of nitrogens with zero attached hydrogens (tertiary/aromatic N) is 1. The van der Waals surface area contributed by atoms with Crippen LogP contribution in [0.2, 0.25) is 5.02 Å². The van der Waals surface area contributed by atoms with Gasteiger partial charge in [-0.2, -0.15) is 5.10 Å². The SMILES string of the molecule is CCOc1c(OC)cc(/C=N/NC(=O)Cc2cc(OC)ccc2Cl)cc1OC. The summed E-state index contributed by atoms with van der Waals surface area (Å²) in [6.45, 7) is 2.35. The normalized spacial score (nSPS) is 10.6. The topological polar surface area (TPSA) is 78.4 Å². The molecule has 0 radical (unpaired) electrons. The third kappa shape index (κ3) is 5.53. The van der Waals surface area contributed by atoms with Crippen LogP contribution in [0, 0.1) is 0 Å². The van der Waals surface area contributed by atoms with E-state index in [9.17, 15) is 4.79 Å². The highest BCUT2D eigenvalue weighted by molar-refractivity contribution is 6.31. The number of methoxy groups -OCH3 is 3. The van der Waals surface area contributed by atoms with Crippen molar-refractivity contribution in [3.63, 3.8) is 0 Å². The zero-order chi connectivity index (χ0) is 20.5. The van der Waals surface area contributed by atoms with E-state index >= 15 is 0 Å². The van der Waals surface area contributed by atoms with Gasteiger partial charge in [-0.3, -0.25) is 4.79 Å². The van der Waals surface area contributed by atoms with Gasteiger partial charge in [-0.25, -0.2) is 5.43 Å². The summed E-state index contributed by atoms with van der Waals surface area (Å²) < 4.78 is 21.4. The lowest BCUT2D eigenvalue weighted by molar-refractivity contribution is -0.120. The maximum atomic E-state index is 12.1. The maximum Gasteiger partial charge on any atom is 0.244 e. The molecule has 2 rings (SSSR count). The summed E-state index contributed by atoms with van der Waals surface area (Å²) in [7, 11) is 4.63. The zero-order valence-electron chi connectivity index (χ0n) is 16.2. The predicted octanol–water partition coefficient (Wildman–Crippen LogP) is 3.46. The van der Waals surface area contributed by atoms with Crippen molar-refractivity contribution in [3.8, 4) is 23.0 Å². The molecular weight excluding hydrogens is 384 g/mol. The van der Waals surface area contributed by atoms with Crippen LogP contribution in [0.15, 0.2) is 35.4 Å². The lowest BCUT2D eigenvalue weighted by atomic mass is 10.1. The lowest BCUT2D eigenvalue weighted by Gasteiger charge is -2.14. The minimum Gasteiger partial charge on any atom is -0.497 e. The Hall–Kier alpha value is -2.93. The molecule has 1 N–H and O–H groups in total. The summed E-state index contributed by atoms with van der Waals surface area (Å²) in [6.07, 6.45) is 1.56. The first-order valence-corrected chi connectivity index (χ1v) is 8.93. The molecule has 0 aliphatic rings. The fraction of sp³-hybridized carbons (Fsp3) is 0.300. The smallest absolute Gasteiger partial charge is 0.244 e. The van der Waals surface area contributed by atoms with E-state index in [2.05, 4.69) is 10.5 Å². The van der Waals surface area contributed by atoms with Gasteiger partial charge >= 0.3 is 0 Å². The van der Waals surface area contributed by atoms with E-state index in [0.717, 1.165) is 0 Å². The van der Waals surface area contributed by atoms with Crippen LogP contribution in [0.5, 0.6) is 23.0 Å². The fourth-order valence-corrected chi connectivity index (χ4v) is 2.65. The number of ether oxygens (including phenoxy) is 4. The average Bonchev–Trinajstić information content (AvgIpc) is 2.70. The van der Waals surface area contributed by atoms with E-state index in [1.54, 1.807) is 37.4 Å². The Labute approximate surface area is 169 Å². The van der Waals surface area contributed by atoms with Crippen LogP contribution in [0.3, 0.4) is 0 Å². The highest BCUT2D eigenvalue weighted by Crippen LogP contribution is 2.38. The molecule has 150 valence electrons. The predicted molar refractivity (Wildman–Crippen MR) is 108 cm³/mol.